The number of ether oxygens (including phenoxy) is 1. The number of anilines is 1. The third kappa shape index (κ3) is 6.91. The number of nitrogens with zero attached hydrogens (tertiary/aromatic N) is 4. The summed E-state index contributed by atoms with van der Waals surface area (Å²) in [5.74, 6) is 0.116. The van der Waals surface area contributed by atoms with E-state index in [4.69, 9.17) is 4.74 Å². The SMILES string of the molecule is COc1ccc(N(C)C(=O)[C@H](Cc2ccccc2)NC(=O)c2cccc(-c3cn(Cc4ccc5ccccc5c4)nn3)c2)cc1. The maximum absolute atomic E-state index is 13.7. The molecule has 5 aromatic carbocycles. The molecule has 0 saturated heterocycles. The number of fused-ring (bicyclic) bond motifs is 1. The van der Waals surface area contributed by atoms with Gasteiger partial charge in [-0.3, -0.25) is 9.59 Å². The molecule has 6 aromatic rings. The Balaban J connectivity index is 1.19. The first-order valence-corrected chi connectivity index (χ1v) is 14.7. The smallest absolute Gasteiger partial charge is 0.251 e. The van der Waals surface area contributed by atoms with Crippen LogP contribution in [-0.4, -0.2) is 47.0 Å². The van der Waals surface area contributed by atoms with Gasteiger partial charge in [-0.2, -0.15) is 0 Å². The Kier molecular flexibility index (Phi) is 8.64. The van der Waals surface area contributed by atoms with Crippen LogP contribution in [0.1, 0.15) is 21.5 Å². The van der Waals surface area contributed by atoms with Crippen LogP contribution in [0, 0.1) is 0 Å². The second-order valence-electron chi connectivity index (χ2n) is 10.9. The molecular formula is C37H33N5O3. The van der Waals surface area contributed by atoms with Crippen LogP contribution < -0.4 is 15.0 Å². The first-order valence-electron chi connectivity index (χ1n) is 14.7. The van der Waals surface area contributed by atoms with E-state index in [0.717, 1.165) is 16.7 Å². The topological polar surface area (TPSA) is 89.4 Å². The highest BCUT2D eigenvalue weighted by Gasteiger charge is 2.26. The van der Waals surface area contributed by atoms with Gasteiger partial charge < -0.3 is 15.0 Å². The van der Waals surface area contributed by atoms with E-state index in [-0.39, 0.29) is 11.8 Å². The van der Waals surface area contributed by atoms with Crippen molar-refractivity contribution in [3.8, 4) is 17.0 Å². The van der Waals surface area contributed by atoms with Gasteiger partial charge >= 0.3 is 0 Å². The van der Waals surface area contributed by atoms with E-state index >= 15 is 0 Å². The summed E-state index contributed by atoms with van der Waals surface area (Å²) in [6.45, 7) is 0.572. The number of rotatable bonds is 10. The van der Waals surface area contributed by atoms with Gasteiger partial charge in [0.1, 0.15) is 17.5 Å². The third-order valence-corrected chi connectivity index (χ3v) is 7.79. The van der Waals surface area contributed by atoms with E-state index in [0.29, 0.717) is 35.7 Å². The maximum atomic E-state index is 13.7. The van der Waals surface area contributed by atoms with E-state index < -0.39 is 6.04 Å². The summed E-state index contributed by atoms with van der Waals surface area (Å²) in [4.78, 5) is 28.9. The van der Waals surface area contributed by atoms with Gasteiger partial charge in [0, 0.05) is 30.3 Å². The van der Waals surface area contributed by atoms with Gasteiger partial charge in [0.05, 0.1) is 19.9 Å². The lowest BCUT2D eigenvalue weighted by molar-refractivity contribution is -0.120. The van der Waals surface area contributed by atoms with Crippen molar-refractivity contribution in [1.82, 2.24) is 20.3 Å². The molecule has 0 aliphatic rings. The molecule has 0 fully saturated rings. The summed E-state index contributed by atoms with van der Waals surface area (Å²) in [6.07, 6.45) is 2.21. The summed E-state index contributed by atoms with van der Waals surface area (Å²) in [5, 5.41) is 14.1. The van der Waals surface area contributed by atoms with Gasteiger partial charge in [-0.15, -0.1) is 5.10 Å². The molecular weight excluding hydrogens is 562 g/mol. The lowest BCUT2D eigenvalue weighted by Crippen LogP contribution is -2.48. The third-order valence-electron chi connectivity index (χ3n) is 7.79. The Morgan fingerprint density at radius 2 is 1.58 bits per heavy atom. The van der Waals surface area contributed by atoms with Crippen LogP contribution in [0.2, 0.25) is 0 Å². The molecule has 8 nitrogen and oxygen atoms in total. The predicted octanol–water partition coefficient (Wildman–Crippen LogP) is 6.16. The molecule has 1 atom stereocenters. The number of likely N-dealkylation sites (N-methyl/N-ethyl adjacent to an activating group) is 1. The number of carbonyl (C=O) groups is 2. The normalized spacial score (nSPS) is 11.6. The Hall–Kier alpha value is -5.76. The second kappa shape index (κ2) is 13.3. The number of amides is 2. The van der Waals surface area contributed by atoms with Crippen LogP contribution in [0.25, 0.3) is 22.0 Å². The molecule has 0 spiro atoms. The molecule has 1 heterocycles. The van der Waals surface area contributed by atoms with Crippen molar-refractivity contribution in [3.63, 3.8) is 0 Å². The average Bonchev–Trinajstić information content (AvgIpc) is 3.56. The number of hydrogen-bond donors (Lipinski definition) is 1. The van der Waals surface area contributed by atoms with E-state index in [1.807, 2.05) is 72.9 Å². The van der Waals surface area contributed by atoms with Crippen molar-refractivity contribution in [3.05, 3.63) is 144 Å². The van der Waals surface area contributed by atoms with Crippen LogP contribution >= 0.6 is 0 Å². The number of aromatic nitrogens is 3. The lowest BCUT2D eigenvalue weighted by atomic mass is 10.0. The Bertz CT molecular complexity index is 1940. The summed E-state index contributed by atoms with van der Waals surface area (Å²) < 4.78 is 7.04. The number of methoxy groups -OCH3 is 1. The van der Waals surface area contributed by atoms with Gasteiger partial charge in [0.2, 0.25) is 5.91 Å². The van der Waals surface area contributed by atoms with Crippen molar-refractivity contribution >= 4 is 28.3 Å². The molecule has 1 aromatic heterocycles. The molecule has 224 valence electrons. The highest BCUT2D eigenvalue weighted by atomic mass is 16.5. The number of hydrogen-bond acceptors (Lipinski definition) is 5. The Morgan fingerprint density at radius 3 is 2.36 bits per heavy atom. The summed E-state index contributed by atoms with van der Waals surface area (Å²) in [5.41, 5.74) is 4.59. The molecule has 0 radical (unpaired) electrons. The standard InChI is InChI=1S/C37H33N5O3/c1-41(32-17-19-33(45-2)20-18-32)37(44)34(22-26-9-4-3-5-10-26)38-36(43)31-14-8-13-30(23-31)35-25-42(40-39-35)24-27-15-16-28-11-6-7-12-29(28)21-27/h3-21,23,25,34H,22,24H2,1-2H3,(H,38,43)/t34-/m0/s1. The average molecular weight is 596 g/mol. The highest BCUT2D eigenvalue weighted by Crippen LogP contribution is 2.22. The van der Waals surface area contributed by atoms with E-state index in [2.05, 4.69) is 46.0 Å². The highest BCUT2D eigenvalue weighted by molar-refractivity contribution is 6.02. The van der Waals surface area contributed by atoms with Crippen LogP contribution in [0.3, 0.4) is 0 Å². The monoisotopic (exact) mass is 595 g/mol. The fourth-order valence-corrected chi connectivity index (χ4v) is 5.31. The van der Waals surface area contributed by atoms with E-state index in [1.54, 1.807) is 48.0 Å². The first-order chi connectivity index (χ1) is 22.0. The number of carbonyl (C=O) groups excluding carboxylic acids is 2. The first kappa shape index (κ1) is 29.3. The zero-order valence-electron chi connectivity index (χ0n) is 25.1. The van der Waals surface area contributed by atoms with Crippen LogP contribution in [0.4, 0.5) is 5.69 Å². The van der Waals surface area contributed by atoms with Crippen LogP contribution in [-0.2, 0) is 17.8 Å². The van der Waals surface area contributed by atoms with Gasteiger partial charge in [-0.1, -0.05) is 84.1 Å². The van der Waals surface area contributed by atoms with Crippen molar-refractivity contribution < 1.29 is 14.3 Å². The van der Waals surface area contributed by atoms with Crippen molar-refractivity contribution in [1.29, 1.82) is 0 Å². The minimum Gasteiger partial charge on any atom is -0.497 e. The molecule has 0 unspecified atom stereocenters. The molecule has 8 heteroatoms. The quantitative estimate of drug-likeness (QED) is 0.205. The molecule has 1 N–H and O–H groups in total. The molecule has 2 amide bonds. The Labute approximate surface area is 261 Å². The van der Waals surface area contributed by atoms with Crippen LogP contribution in [0.5, 0.6) is 5.75 Å². The van der Waals surface area contributed by atoms with Gasteiger partial charge in [0.25, 0.3) is 5.91 Å². The Morgan fingerprint density at radius 1 is 0.822 bits per heavy atom. The molecule has 45 heavy (non-hydrogen) atoms. The second-order valence-corrected chi connectivity index (χ2v) is 10.9. The molecule has 6 rings (SSSR count). The van der Waals surface area contributed by atoms with Crippen LogP contribution in [0.15, 0.2) is 128 Å². The minimum atomic E-state index is -0.793. The number of nitrogens with one attached hydrogen (secondary N) is 1. The van der Waals surface area contributed by atoms with Gasteiger partial charge in [-0.25, -0.2) is 4.68 Å². The zero-order chi connectivity index (χ0) is 31.2. The molecule has 0 aliphatic carbocycles. The number of benzene rings is 5. The van der Waals surface area contributed by atoms with Gasteiger partial charge in [-0.05, 0) is 64.4 Å². The van der Waals surface area contributed by atoms with Crippen molar-refractivity contribution in [2.45, 2.75) is 19.0 Å². The maximum Gasteiger partial charge on any atom is 0.251 e. The predicted molar refractivity (Wildman–Crippen MR) is 176 cm³/mol. The summed E-state index contributed by atoms with van der Waals surface area (Å²) >= 11 is 0. The van der Waals surface area contributed by atoms with Crippen molar-refractivity contribution in [2.24, 2.45) is 0 Å². The van der Waals surface area contributed by atoms with Gasteiger partial charge in [0.15, 0.2) is 0 Å². The zero-order valence-corrected chi connectivity index (χ0v) is 25.1. The molecule has 0 saturated carbocycles. The summed E-state index contributed by atoms with van der Waals surface area (Å²) in [7, 11) is 3.30. The minimum absolute atomic E-state index is 0.231. The van der Waals surface area contributed by atoms with E-state index in [9.17, 15) is 9.59 Å². The van der Waals surface area contributed by atoms with E-state index in [1.165, 1.54) is 10.8 Å². The molecule has 0 aliphatic heterocycles. The fourth-order valence-electron chi connectivity index (χ4n) is 5.31. The van der Waals surface area contributed by atoms with Crippen molar-refractivity contribution in [2.75, 3.05) is 19.1 Å². The largest absolute Gasteiger partial charge is 0.497 e. The fraction of sp³-hybridized carbons (Fsp3) is 0.135. The molecule has 0 bridgehead atoms. The summed E-state index contributed by atoms with van der Waals surface area (Å²) in [6, 6.07) is 37.9. The lowest BCUT2D eigenvalue weighted by Gasteiger charge is -2.25.